The minimum Gasteiger partial charge on any atom is -0.456 e. The van der Waals surface area contributed by atoms with Gasteiger partial charge in [0.25, 0.3) is 5.91 Å². The topological polar surface area (TPSA) is 64.4 Å². The molecule has 0 bridgehead atoms. The molecular weight excluding hydrogens is 342 g/mol. The van der Waals surface area contributed by atoms with E-state index in [-0.39, 0.29) is 30.9 Å². The molecule has 2 heterocycles. The van der Waals surface area contributed by atoms with E-state index in [2.05, 4.69) is 12.0 Å². The number of esters is 1. The molecule has 1 unspecified atom stereocenters. The maximum atomic E-state index is 12.3. The highest BCUT2D eigenvalue weighted by Crippen LogP contribution is 2.19. The molecule has 0 radical (unpaired) electrons. The molecule has 0 spiro atoms. The number of nitrogens with zero attached hydrogens (tertiary/aromatic N) is 3. The van der Waals surface area contributed by atoms with Crippen LogP contribution in [0.1, 0.15) is 44.6 Å². The first-order valence-electron chi connectivity index (χ1n) is 9.71. The monoisotopic (exact) mass is 369 g/mol. The maximum absolute atomic E-state index is 12.3. The largest absolute Gasteiger partial charge is 0.456 e. The third-order valence-electron chi connectivity index (χ3n) is 5.05. The van der Waals surface area contributed by atoms with E-state index >= 15 is 0 Å². The van der Waals surface area contributed by atoms with Crippen molar-refractivity contribution >= 4 is 11.9 Å². The Kier molecular flexibility index (Phi) is 6.63. The van der Waals surface area contributed by atoms with Crippen molar-refractivity contribution < 1.29 is 14.3 Å². The van der Waals surface area contributed by atoms with E-state index in [0.717, 1.165) is 37.1 Å². The fourth-order valence-electron chi connectivity index (χ4n) is 3.51. The lowest BCUT2D eigenvalue weighted by Gasteiger charge is -2.35. The number of aryl methyl sites for hydroxylation is 1. The highest BCUT2D eigenvalue weighted by atomic mass is 16.5. The van der Waals surface area contributed by atoms with Crippen molar-refractivity contribution in [2.45, 2.75) is 51.5 Å². The molecule has 6 nitrogen and oxygen atoms in total. The number of rotatable bonds is 7. The quantitative estimate of drug-likeness (QED) is 0.704. The van der Waals surface area contributed by atoms with Crippen LogP contribution in [-0.4, -0.2) is 45.8 Å². The van der Waals surface area contributed by atoms with Gasteiger partial charge in [-0.2, -0.15) is 5.10 Å². The summed E-state index contributed by atoms with van der Waals surface area (Å²) in [7, 11) is 0. The van der Waals surface area contributed by atoms with Crippen LogP contribution < -0.4 is 0 Å². The molecule has 1 amide bonds. The number of likely N-dealkylation sites (tertiary alicyclic amines) is 1. The van der Waals surface area contributed by atoms with Gasteiger partial charge in [-0.05, 0) is 49.8 Å². The van der Waals surface area contributed by atoms with Gasteiger partial charge in [-0.25, -0.2) is 4.68 Å². The van der Waals surface area contributed by atoms with Crippen LogP contribution in [-0.2, 0) is 20.7 Å². The number of carbonyl (C=O) groups is 2. The van der Waals surface area contributed by atoms with Crippen molar-refractivity contribution in [3.05, 3.63) is 48.3 Å². The first-order chi connectivity index (χ1) is 13.2. The molecule has 1 atom stereocenters. The second kappa shape index (κ2) is 9.35. The van der Waals surface area contributed by atoms with Crippen LogP contribution in [0.25, 0.3) is 5.69 Å². The summed E-state index contributed by atoms with van der Waals surface area (Å²) in [6.45, 7) is 2.71. The minimum atomic E-state index is -0.346. The number of para-hydroxylation sites is 1. The summed E-state index contributed by atoms with van der Waals surface area (Å²) in [5.41, 5.74) is 1.94. The van der Waals surface area contributed by atoms with Crippen molar-refractivity contribution in [3.8, 4) is 5.69 Å². The molecule has 3 rings (SSSR count). The SMILES string of the molecule is CCC1CCCCN1C(=O)COC(=O)CCc1cnn(-c2ccccc2)c1. The second-order valence-electron chi connectivity index (χ2n) is 6.93. The first kappa shape index (κ1) is 19.1. The highest BCUT2D eigenvalue weighted by molar-refractivity contribution is 5.81. The predicted molar refractivity (Wildman–Crippen MR) is 102 cm³/mol. The van der Waals surface area contributed by atoms with E-state index < -0.39 is 0 Å². The number of ether oxygens (including phenoxy) is 1. The highest BCUT2D eigenvalue weighted by Gasteiger charge is 2.25. The fraction of sp³-hybridized carbons (Fsp3) is 0.476. The Morgan fingerprint density at radius 2 is 2.04 bits per heavy atom. The van der Waals surface area contributed by atoms with E-state index in [1.54, 1.807) is 10.9 Å². The molecule has 6 heteroatoms. The molecule has 1 fully saturated rings. The zero-order valence-corrected chi connectivity index (χ0v) is 15.8. The van der Waals surface area contributed by atoms with E-state index in [0.29, 0.717) is 6.42 Å². The van der Waals surface area contributed by atoms with Gasteiger partial charge < -0.3 is 9.64 Å². The Bertz CT molecular complexity index is 757. The summed E-state index contributed by atoms with van der Waals surface area (Å²) in [6.07, 6.45) is 8.64. The van der Waals surface area contributed by atoms with Crippen LogP contribution in [0.15, 0.2) is 42.7 Å². The van der Waals surface area contributed by atoms with Gasteiger partial charge in [0.2, 0.25) is 0 Å². The van der Waals surface area contributed by atoms with Gasteiger partial charge in [-0.15, -0.1) is 0 Å². The Morgan fingerprint density at radius 3 is 2.81 bits per heavy atom. The summed E-state index contributed by atoms with van der Waals surface area (Å²) < 4.78 is 6.99. The Hall–Kier alpha value is -2.63. The maximum Gasteiger partial charge on any atom is 0.306 e. The number of amides is 1. The molecule has 0 aliphatic carbocycles. The van der Waals surface area contributed by atoms with Gasteiger partial charge in [0, 0.05) is 25.2 Å². The molecule has 1 aliphatic rings. The lowest BCUT2D eigenvalue weighted by Crippen LogP contribution is -2.45. The van der Waals surface area contributed by atoms with Gasteiger partial charge >= 0.3 is 5.97 Å². The molecule has 27 heavy (non-hydrogen) atoms. The van der Waals surface area contributed by atoms with Gasteiger partial charge in [-0.1, -0.05) is 25.1 Å². The Labute approximate surface area is 160 Å². The minimum absolute atomic E-state index is 0.0770. The number of piperidine rings is 1. The normalized spacial score (nSPS) is 16.9. The molecule has 1 saturated heterocycles. The van der Waals surface area contributed by atoms with Crippen LogP contribution in [0.5, 0.6) is 0 Å². The van der Waals surface area contributed by atoms with Crippen LogP contribution >= 0.6 is 0 Å². The van der Waals surface area contributed by atoms with E-state index in [1.807, 2.05) is 41.4 Å². The molecule has 0 N–H and O–H groups in total. The summed E-state index contributed by atoms with van der Waals surface area (Å²) >= 11 is 0. The molecule has 2 aromatic rings. The van der Waals surface area contributed by atoms with E-state index in [9.17, 15) is 9.59 Å². The summed E-state index contributed by atoms with van der Waals surface area (Å²) in [6, 6.07) is 10.1. The molecule has 1 aromatic carbocycles. The summed E-state index contributed by atoms with van der Waals surface area (Å²) in [5.74, 6) is -0.423. The van der Waals surface area contributed by atoms with Crippen LogP contribution in [0.4, 0.5) is 0 Å². The van der Waals surface area contributed by atoms with Crippen molar-refractivity contribution in [3.63, 3.8) is 0 Å². The Balaban J connectivity index is 1.43. The average Bonchev–Trinajstić information content (AvgIpc) is 3.20. The fourth-order valence-corrected chi connectivity index (χ4v) is 3.51. The summed E-state index contributed by atoms with van der Waals surface area (Å²) in [4.78, 5) is 26.2. The van der Waals surface area contributed by atoms with Crippen molar-refractivity contribution in [1.29, 1.82) is 0 Å². The van der Waals surface area contributed by atoms with E-state index in [1.165, 1.54) is 6.42 Å². The number of hydrogen-bond donors (Lipinski definition) is 0. The summed E-state index contributed by atoms with van der Waals surface area (Å²) in [5, 5.41) is 4.32. The number of benzene rings is 1. The smallest absolute Gasteiger partial charge is 0.306 e. The standard InChI is InChI=1S/C21H27N3O3/c1-2-18-8-6-7-13-23(18)20(25)16-27-21(26)12-11-17-14-22-24(15-17)19-9-4-3-5-10-19/h3-5,9-10,14-15,18H,2,6-8,11-13,16H2,1H3. The van der Waals surface area contributed by atoms with E-state index in [4.69, 9.17) is 4.74 Å². The van der Waals surface area contributed by atoms with Crippen LogP contribution in [0, 0.1) is 0 Å². The van der Waals surface area contributed by atoms with Gasteiger partial charge in [0.15, 0.2) is 6.61 Å². The van der Waals surface area contributed by atoms with Crippen LogP contribution in [0.3, 0.4) is 0 Å². The number of aromatic nitrogens is 2. The average molecular weight is 369 g/mol. The van der Waals surface area contributed by atoms with Gasteiger partial charge in [0.05, 0.1) is 11.9 Å². The molecule has 1 aliphatic heterocycles. The first-order valence-corrected chi connectivity index (χ1v) is 9.71. The van der Waals surface area contributed by atoms with Crippen molar-refractivity contribution in [2.24, 2.45) is 0 Å². The van der Waals surface area contributed by atoms with Gasteiger partial charge in [-0.3, -0.25) is 9.59 Å². The molecule has 144 valence electrons. The lowest BCUT2D eigenvalue weighted by molar-refractivity contribution is -0.153. The third-order valence-corrected chi connectivity index (χ3v) is 5.05. The van der Waals surface area contributed by atoms with Crippen molar-refractivity contribution in [1.82, 2.24) is 14.7 Å². The zero-order chi connectivity index (χ0) is 19.1. The van der Waals surface area contributed by atoms with Crippen molar-refractivity contribution in [2.75, 3.05) is 13.2 Å². The van der Waals surface area contributed by atoms with Gasteiger partial charge in [0.1, 0.15) is 0 Å². The van der Waals surface area contributed by atoms with Crippen LogP contribution in [0.2, 0.25) is 0 Å². The zero-order valence-electron chi connectivity index (χ0n) is 15.8. The number of hydrogen-bond acceptors (Lipinski definition) is 4. The molecule has 1 aromatic heterocycles. The molecule has 0 saturated carbocycles. The molecular formula is C21H27N3O3. The predicted octanol–water partition coefficient (Wildman–Crippen LogP) is 3.14. The second-order valence-corrected chi connectivity index (χ2v) is 6.93. The Morgan fingerprint density at radius 1 is 1.22 bits per heavy atom. The lowest BCUT2D eigenvalue weighted by atomic mass is 10.00. The number of carbonyl (C=O) groups excluding carboxylic acids is 2. The third kappa shape index (κ3) is 5.18.